The SMILES string of the molecule is CO[Si](OC)(N1CCCC(C)C1)N1CCCC(C)C1. The van der Waals surface area contributed by atoms with Crippen LogP contribution in [-0.4, -0.2) is 58.4 Å². The van der Waals surface area contributed by atoms with Gasteiger partial charge in [-0.1, -0.05) is 13.8 Å². The molecule has 0 aliphatic carbocycles. The molecule has 112 valence electrons. The smallest absolute Gasteiger partial charge is 0.374 e. The van der Waals surface area contributed by atoms with Crippen molar-refractivity contribution >= 4 is 8.88 Å². The van der Waals surface area contributed by atoms with E-state index in [0.717, 1.165) is 38.0 Å². The molecule has 19 heavy (non-hydrogen) atoms. The van der Waals surface area contributed by atoms with E-state index in [9.17, 15) is 0 Å². The molecule has 2 heterocycles. The molecular weight excluding hydrogens is 256 g/mol. The Bertz CT molecular complexity index is 263. The van der Waals surface area contributed by atoms with Crippen LogP contribution in [-0.2, 0) is 8.85 Å². The lowest BCUT2D eigenvalue weighted by Crippen LogP contribution is -2.71. The number of piperidine rings is 2. The molecule has 2 fully saturated rings. The second kappa shape index (κ2) is 6.67. The molecule has 0 aromatic rings. The van der Waals surface area contributed by atoms with Crippen LogP contribution in [0.4, 0.5) is 0 Å². The van der Waals surface area contributed by atoms with Crippen molar-refractivity contribution in [2.24, 2.45) is 11.8 Å². The third-order valence-electron chi connectivity index (χ3n) is 4.65. The zero-order valence-electron chi connectivity index (χ0n) is 13.0. The predicted octanol–water partition coefficient (Wildman–Crippen LogP) is 2.18. The summed E-state index contributed by atoms with van der Waals surface area (Å²) in [4.78, 5) is 0. The Kier molecular flexibility index (Phi) is 5.43. The minimum Gasteiger partial charge on any atom is -0.374 e. The summed E-state index contributed by atoms with van der Waals surface area (Å²) >= 11 is 0. The molecule has 0 spiro atoms. The zero-order chi connectivity index (χ0) is 13.9. The van der Waals surface area contributed by atoms with Crippen LogP contribution < -0.4 is 0 Å². The molecule has 2 aliphatic heterocycles. The van der Waals surface area contributed by atoms with E-state index >= 15 is 0 Å². The largest absolute Gasteiger partial charge is 0.522 e. The molecule has 0 aromatic heterocycles. The molecule has 2 aliphatic rings. The lowest BCUT2D eigenvalue weighted by molar-refractivity contribution is 0.0603. The first kappa shape index (κ1) is 15.4. The lowest BCUT2D eigenvalue weighted by atomic mass is 10.0. The van der Waals surface area contributed by atoms with Crippen LogP contribution in [0.25, 0.3) is 0 Å². The summed E-state index contributed by atoms with van der Waals surface area (Å²) in [6.07, 6.45) is 5.22. The van der Waals surface area contributed by atoms with Crippen molar-refractivity contribution < 1.29 is 8.85 Å². The van der Waals surface area contributed by atoms with E-state index in [1.165, 1.54) is 25.7 Å². The van der Waals surface area contributed by atoms with E-state index < -0.39 is 8.88 Å². The molecule has 2 rings (SSSR count). The van der Waals surface area contributed by atoms with Crippen LogP contribution in [0.3, 0.4) is 0 Å². The molecule has 2 saturated heterocycles. The summed E-state index contributed by atoms with van der Waals surface area (Å²) in [5.41, 5.74) is 0. The van der Waals surface area contributed by atoms with E-state index in [1.807, 2.05) is 14.2 Å². The van der Waals surface area contributed by atoms with E-state index in [1.54, 1.807) is 0 Å². The summed E-state index contributed by atoms with van der Waals surface area (Å²) < 4.78 is 17.1. The van der Waals surface area contributed by atoms with Gasteiger partial charge in [0.1, 0.15) is 0 Å². The van der Waals surface area contributed by atoms with Crippen molar-refractivity contribution in [2.45, 2.75) is 39.5 Å². The molecule has 0 saturated carbocycles. The van der Waals surface area contributed by atoms with Crippen LogP contribution in [0.2, 0.25) is 0 Å². The Hall–Kier alpha value is 0.0569. The molecule has 0 amide bonds. The van der Waals surface area contributed by atoms with Gasteiger partial charge in [-0.05, 0) is 63.7 Å². The minimum absolute atomic E-state index is 0.758. The summed E-state index contributed by atoms with van der Waals surface area (Å²) in [7, 11) is 1.32. The van der Waals surface area contributed by atoms with Crippen molar-refractivity contribution in [1.82, 2.24) is 9.13 Å². The molecule has 0 radical (unpaired) electrons. The average Bonchev–Trinajstić information content (AvgIpc) is 2.41. The third-order valence-corrected chi connectivity index (χ3v) is 8.12. The maximum absolute atomic E-state index is 6.03. The molecule has 2 unspecified atom stereocenters. The predicted molar refractivity (Wildman–Crippen MR) is 79.7 cm³/mol. The highest BCUT2D eigenvalue weighted by Crippen LogP contribution is 2.28. The van der Waals surface area contributed by atoms with Crippen molar-refractivity contribution in [3.05, 3.63) is 0 Å². The van der Waals surface area contributed by atoms with Crippen LogP contribution >= 0.6 is 0 Å². The average molecular weight is 286 g/mol. The Balaban J connectivity index is 2.15. The molecule has 0 aromatic carbocycles. The van der Waals surface area contributed by atoms with Gasteiger partial charge < -0.3 is 8.85 Å². The van der Waals surface area contributed by atoms with Gasteiger partial charge in [-0.25, -0.2) is 0 Å². The summed E-state index contributed by atoms with van der Waals surface area (Å²) in [6.45, 7) is 9.19. The van der Waals surface area contributed by atoms with E-state index in [4.69, 9.17) is 8.85 Å². The van der Waals surface area contributed by atoms with Gasteiger partial charge in [0, 0.05) is 14.2 Å². The third kappa shape index (κ3) is 3.21. The summed E-state index contributed by atoms with van der Waals surface area (Å²) in [6, 6.07) is 0. The molecular formula is C14H30N2O2Si. The van der Waals surface area contributed by atoms with Gasteiger partial charge in [-0.3, -0.25) is 9.13 Å². The van der Waals surface area contributed by atoms with Gasteiger partial charge in [0.05, 0.1) is 0 Å². The van der Waals surface area contributed by atoms with E-state index in [-0.39, 0.29) is 0 Å². The molecule has 0 N–H and O–H groups in total. The molecule has 5 heteroatoms. The summed E-state index contributed by atoms with van der Waals surface area (Å²) in [5, 5.41) is 0. The van der Waals surface area contributed by atoms with Gasteiger partial charge in [0.15, 0.2) is 0 Å². The Morgan fingerprint density at radius 3 is 1.58 bits per heavy atom. The first-order valence-corrected chi connectivity index (χ1v) is 9.44. The number of rotatable bonds is 4. The van der Waals surface area contributed by atoms with Crippen molar-refractivity contribution in [3.8, 4) is 0 Å². The van der Waals surface area contributed by atoms with Gasteiger partial charge >= 0.3 is 8.88 Å². The first-order chi connectivity index (χ1) is 9.12. The fourth-order valence-corrected chi connectivity index (χ4v) is 7.26. The fraction of sp³-hybridized carbons (Fsp3) is 1.00. The Labute approximate surface area is 119 Å². The highest BCUT2D eigenvalue weighted by molar-refractivity contribution is 6.61. The number of hydrogen-bond donors (Lipinski definition) is 0. The maximum atomic E-state index is 6.03. The van der Waals surface area contributed by atoms with E-state index in [2.05, 4.69) is 23.0 Å². The highest BCUT2D eigenvalue weighted by atomic mass is 28.4. The van der Waals surface area contributed by atoms with Crippen molar-refractivity contribution in [2.75, 3.05) is 40.4 Å². The van der Waals surface area contributed by atoms with Gasteiger partial charge in [0.2, 0.25) is 0 Å². The van der Waals surface area contributed by atoms with E-state index in [0.29, 0.717) is 0 Å². The Morgan fingerprint density at radius 1 is 0.842 bits per heavy atom. The second-order valence-corrected chi connectivity index (χ2v) is 9.52. The first-order valence-electron chi connectivity index (χ1n) is 7.72. The van der Waals surface area contributed by atoms with Crippen LogP contribution in [0.15, 0.2) is 0 Å². The quantitative estimate of drug-likeness (QED) is 0.740. The van der Waals surface area contributed by atoms with Crippen molar-refractivity contribution in [3.63, 3.8) is 0 Å². The lowest BCUT2D eigenvalue weighted by Gasteiger charge is -2.48. The fourth-order valence-electron chi connectivity index (χ4n) is 3.69. The second-order valence-electron chi connectivity index (χ2n) is 6.34. The zero-order valence-corrected chi connectivity index (χ0v) is 14.0. The minimum atomic E-state index is -2.36. The topological polar surface area (TPSA) is 24.9 Å². The maximum Gasteiger partial charge on any atom is 0.522 e. The monoisotopic (exact) mass is 286 g/mol. The number of nitrogens with zero attached hydrogens (tertiary/aromatic N) is 2. The molecule has 0 bridgehead atoms. The summed E-state index contributed by atoms with van der Waals surface area (Å²) in [5.74, 6) is 1.52. The molecule has 2 atom stereocenters. The van der Waals surface area contributed by atoms with Crippen LogP contribution in [0, 0.1) is 11.8 Å². The van der Waals surface area contributed by atoms with Gasteiger partial charge in [0.25, 0.3) is 0 Å². The van der Waals surface area contributed by atoms with Crippen LogP contribution in [0.1, 0.15) is 39.5 Å². The van der Waals surface area contributed by atoms with Crippen molar-refractivity contribution in [1.29, 1.82) is 0 Å². The standard InChI is InChI=1S/C14H30N2O2Si/c1-13-7-5-9-15(11-13)19(17-3,18-4)16-10-6-8-14(2)12-16/h13-14H,5-12H2,1-4H3. The molecule has 4 nitrogen and oxygen atoms in total. The van der Waals surface area contributed by atoms with Gasteiger partial charge in [-0.15, -0.1) is 0 Å². The van der Waals surface area contributed by atoms with Crippen LogP contribution in [0.5, 0.6) is 0 Å². The highest BCUT2D eigenvalue weighted by Gasteiger charge is 2.52. The normalized spacial score (nSPS) is 31.6. The number of hydrogen-bond acceptors (Lipinski definition) is 4. The Morgan fingerprint density at radius 2 is 1.26 bits per heavy atom. The van der Waals surface area contributed by atoms with Gasteiger partial charge in [-0.2, -0.15) is 0 Å².